The van der Waals surface area contributed by atoms with Gasteiger partial charge in [0, 0.05) is 16.8 Å². The summed E-state index contributed by atoms with van der Waals surface area (Å²) in [6.07, 6.45) is 0. The number of anilines is 1. The average Bonchev–Trinajstić information content (AvgIpc) is 3.16. The van der Waals surface area contributed by atoms with Crippen molar-refractivity contribution in [2.75, 3.05) is 12.4 Å². The molecule has 1 aromatic heterocycles. The predicted octanol–water partition coefficient (Wildman–Crippen LogP) is 4.99. The number of amides is 1. The molecule has 3 N–H and O–H groups in total. The number of benzene rings is 2. The van der Waals surface area contributed by atoms with E-state index < -0.39 is 0 Å². The van der Waals surface area contributed by atoms with Crippen LogP contribution in [0, 0.1) is 0 Å². The quantitative estimate of drug-likeness (QED) is 0.433. The molecule has 0 spiro atoms. The first-order chi connectivity index (χ1) is 13.9. The summed E-state index contributed by atoms with van der Waals surface area (Å²) in [5.74, 6) is 1.26. The Morgan fingerprint density at radius 3 is 2.66 bits per heavy atom. The molecule has 0 aliphatic heterocycles. The van der Waals surface area contributed by atoms with Crippen LogP contribution in [-0.4, -0.2) is 23.2 Å². The SMILES string of the molecule is COc1ccc(C(=O)NC(=S)Nc2ccc(-c3ccc(CO)o3)c(Cl)c2)cc1Br. The molecule has 6 nitrogen and oxygen atoms in total. The third-order valence-corrected chi connectivity index (χ3v) is 5.09. The second-order valence-corrected chi connectivity index (χ2v) is 7.55. The van der Waals surface area contributed by atoms with Gasteiger partial charge in [-0.15, -0.1) is 0 Å². The highest BCUT2D eigenvalue weighted by Gasteiger charge is 2.12. The second-order valence-electron chi connectivity index (χ2n) is 5.88. The van der Waals surface area contributed by atoms with Crippen LogP contribution in [-0.2, 0) is 6.61 Å². The van der Waals surface area contributed by atoms with Crippen LogP contribution in [0.3, 0.4) is 0 Å². The van der Waals surface area contributed by atoms with Crippen molar-refractivity contribution in [3.63, 3.8) is 0 Å². The third kappa shape index (κ3) is 5.16. The smallest absolute Gasteiger partial charge is 0.257 e. The van der Waals surface area contributed by atoms with Gasteiger partial charge in [-0.3, -0.25) is 10.1 Å². The Bertz CT molecular complexity index is 1070. The van der Waals surface area contributed by atoms with E-state index in [4.69, 9.17) is 38.1 Å². The van der Waals surface area contributed by atoms with Crippen molar-refractivity contribution in [1.82, 2.24) is 5.32 Å². The lowest BCUT2D eigenvalue weighted by Gasteiger charge is -2.11. The van der Waals surface area contributed by atoms with Crippen molar-refractivity contribution >= 4 is 56.5 Å². The van der Waals surface area contributed by atoms with Gasteiger partial charge in [0.15, 0.2) is 5.11 Å². The van der Waals surface area contributed by atoms with Crippen LogP contribution in [0.4, 0.5) is 5.69 Å². The van der Waals surface area contributed by atoms with Crippen LogP contribution in [0.15, 0.2) is 57.4 Å². The molecule has 0 aliphatic rings. The van der Waals surface area contributed by atoms with Crippen LogP contribution in [0.25, 0.3) is 11.3 Å². The minimum atomic E-state index is -0.360. The van der Waals surface area contributed by atoms with Crippen LogP contribution >= 0.6 is 39.7 Å². The molecule has 0 unspecified atom stereocenters. The maximum Gasteiger partial charge on any atom is 0.257 e. The fraction of sp³-hybridized carbons (Fsp3) is 0.100. The zero-order valence-corrected chi connectivity index (χ0v) is 18.3. The van der Waals surface area contributed by atoms with Gasteiger partial charge in [0.25, 0.3) is 5.91 Å². The monoisotopic (exact) mass is 494 g/mol. The van der Waals surface area contributed by atoms with E-state index in [1.165, 1.54) is 0 Å². The van der Waals surface area contributed by atoms with Crippen LogP contribution in [0.1, 0.15) is 16.1 Å². The van der Waals surface area contributed by atoms with Gasteiger partial charge in [-0.25, -0.2) is 0 Å². The number of thiocarbonyl (C=S) groups is 1. The van der Waals surface area contributed by atoms with Crippen LogP contribution < -0.4 is 15.4 Å². The highest BCUT2D eigenvalue weighted by molar-refractivity contribution is 9.10. The maximum atomic E-state index is 12.4. The van der Waals surface area contributed by atoms with Crippen LogP contribution in [0.5, 0.6) is 5.75 Å². The van der Waals surface area contributed by atoms with E-state index in [0.29, 0.717) is 43.6 Å². The molecule has 2 aromatic carbocycles. The molecule has 9 heteroatoms. The zero-order valence-electron chi connectivity index (χ0n) is 15.2. The van der Waals surface area contributed by atoms with Gasteiger partial charge in [-0.1, -0.05) is 11.6 Å². The summed E-state index contributed by atoms with van der Waals surface area (Å²) in [6.45, 7) is -0.185. The molecule has 0 saturated heterocycles. The fourth-order valence-electron chi connectivity index (χ4n) is 2.55. The fourth-order valence-corrected chi connectivity index (χ4v) is 3.57. The number of nitrogens with one attached hydrogen (secondary N) is 2. The van der Waals surface area contributed by atoms with Crippen molar-refractivity contribution < 1.29 is 19.1 Å². The molecular weight excluding hydrogens is 480 g/mol. The Labute approximate surface area is 185 Å². The lowest BCUT2D eigenvalue weighted by molar-refractivity contribution is 0.0977. The van der Waals surface area contributed by atoms with E-state index in [2.05, 4.69) is 26.6 Å². The number of carbonyl (C=O) groups excluding carboxylic acids is 1. The van der Waals surface area contributed by atoms with E-state index in [-0.39, 0.29) is 17.6 Å². The number of aliphatic hydroxyl groups is 1. The van der Waals surface area contributed by atoms with Crippen molar-refractivity contribution in [1.29, 1.82) is 0 Å². The molecule has 150 valence electrons. The number of ether oxygens (including phenoxy) is 1. The minimum Gasteiger partial charge on any atom is -0.496 e. The first-order valence-corrected chi connectivity index (χ1v) is 9.94. The molecule has 0 radical (unpaired) electrons. The standard InChI is InChI=1S/C20H16BrClN2O4S/c1-27-18-6-2-11(8-15(18)21)19(26)24-20(29)23-12-3-5-14(16(22)9-12)17-7-4-13(10-25)28-17/h2-9,25H,10H2,1H3,(H2,23,24,26,29). The molecule has 0 aliphatic carbocycles. The Morgan fingerprint density at radius 2 is 2.03 bits per heavy atom. The van der Waals surface area contributed by atoms with E-state index >= 15 is 0 Å². The highest BCUT2D eigenvalue weighted by atomic mass is 79.9. The van der Waals surface area contributed by atoms with E-state index in [1.807, 2.05) is 0 Å². The molecule has 1 heterocycles. The number of hydrogen-bond acceptors (Lipinski definition) is 5. The second kappa shape index (κ2) is 9.41. The van der Waals surface area contributed by atoms with Gasteiger partial charge in [-0.05, 0) is 76.7 Å². The van der Waals surface area contributed by atoms with E-state index in [9.17, 15) is 4.79 Å². The molecule has 0 saturated carbocycles. The van der Waals surface area contributed by atoms with Crippen LogP contribution in [0.2, 0.25) is 5.02 Å². The van der Waals surface area contributed by atoms with Crippen molar-refractivity contribution in [2.45, 2.75) is 6.61 Å². The molecule has 3 rings (SSSR count). The maximum absolute atomic E-state index is 12.4. The number of methoxy groups -OCH3 is 1. The third-order valence-electron chi connectivity index (χ3n) is 3.95. The van der Waals surface area contributed by atoms with Crippen molar-refractivity contribution in [2.24, 2.45) is 0 Å². The highest BCUT2D eigenvalue weighted by Crippen LogP contribution is 2.31. The summed E-state index contributed by atoms with van der Waals surface area (Å²) in [4.78, 5) is 12.4. The number of aliphatic hydroxyl groups excluding tert-OH is 1. The van der Waals surface area contributed by atoms with Gasteiger partial charge in [0.05, 0.1) is 16.6 Å². The van der Waals surface area contributed by atoms with Gasteiger partial charge in [-0.2, -0.15) is 0 Å². The van der Waals surface area contributed by atoms with Crippen molar-refractivity contribution in [3.8, 4) is 17.1 Å². The lowest BCUT2D eigenvalue weighted by atomic mass is 10.1. The van der Waals surface area contributed by atoms with Gasteiger partial charge < -0.3 is 19.6 Å². The summed E-state index contributed by atoms with van der Waals surface area (Å²) in [7, 11) is 1.55. The lowest BCUT2D eigenvalue weighted by Crippen LogP contribution is -2.34. The largest absolute Gasteiger partial charge is 0.496 e. The number of hydrogen-bond donors (Lipinski definition) is 3. The summed E-state index contributed by atoms with van der Waals surface area (Å²) >= 11 is 14.9. The molecule has 29 heavy (non-hydrogen) atoms. The Kier molecular flexibility index (Phi) is 6.92. The summed E-state index contributed by atoms with van der Waals surface area (Å²) in [5, 5.41) is 15.2. The van der Waals surface area contributed by atoms with Gasteiger partial charge in [0.1, 0.15) is 23.9 Å². The normalized spacial score (nSPS) is 10.5. The Hall–Kier alpha value is -2.39. The number of halogens is 2. The van der Waals surface area contributed by atoms with E-state index in [0.717, 1.165) is 0 Å². The summed E-state index contributed by atoms with van der Waals surface area (Å²) in [6, 6.07) is 13.6. The number of carbonyl (C=O) groups is 1. The topological polar surface area (TPSA) is 83.7 Å². The van der Waals surface area contributed by atoms with Gasteiger partial charge in [0.2, 0.25) is 0 Å². The van der Waals surface area contributed by atoms with Crippen molar-refractivity contribution in [3.05, 3.63) is 69.3 Å². The zero-order chi connectivity index (χ0) is 21.0. The molecular formula is C20H16BrClN2O4S. The predicted molar refractivity (Wildman–Crippen MR) is 119 cm³/mol. The molecule has 0 fully saturated rings. The summed E-state index contributed by atoms with van der Waals surface area (Å²) in [5.41, 5.74) is 1.71. The minimum absolute atomic E-state index is 0.131. The average molecular weight is 496 g/mol. The Balaban J connectivity index is 1.66. The molecule has 1 amide bonds. The molecule has 0 atom stereocenters. The van der Waals surface area contributed by atoms with E-state index in [1.54, 1.807) is 55.6 Å². The molecule has 3 aromatic rings. The molecule has 0 bridgehead atoms. The number of rotatable bonds is 5. The van der Waals surface area contributed by atoms with Gasteiger partial charge >= 0.3 is 0 Å². The first-order valence-electron chi connectivity index (χ1n) is 8.36. The number of furan rings is 1. The Morgan fingerprint density at radius 1 is 1.24 bits per heavy atom. The first kappa shape index (κ1) is 21.3. The summed E-state index contributed by atoms with van der Waals surface area (Å²) < 4.78 is 11.3.